The van der Waals surface area contributed by atoms with Crippen molar-refractivity contribution in [2.24, 2.45) is 0 Å². The first-order chi connectivity index (χ1) is 13.8. The number of hydrogen-bond acceptors (Lipinski definition) is 5. The Morgan fingerprint density at radius 2 is 2.00 bits per heavy atom. The average molecular weight is 380 g/mol. The molecule has 0 aliphatic carbocycles. The molecular formula is C22H29N5O. The predicted octanol–water partition coefficient (Wildman–Crippen LogP) is 4.05. The Balaban J connectivity index is 1.31. The summed E-state index contributed by atoms with van der Waals surface area (Å²) in [5, 5.41) is 5.40. The minimum absolute atomic E-state index is 0.250. The molecule has 1 unspecified atom stereocenters. The summed E-state index contributed by atoms with van der Waals surface area (Å²) in [6, 6.07) is 9.38. The number of fused-ring (bicyclic) bond motifs is 1. The van der Waals surface area contributed by atoms with E-state index < -0.39 is 0 Å². The molecule has 3 aromatic rings. The topological polar surface area (TPSA) is 61.2 Å². The Bertz CT molecular complexity index is 939. The average Bonchev–Trinajstić information content (AvgIpc) is 3.48. The van der Waals surface area contributed by atoms with Crippen LogP contribution < -0.4 is 0 Å². The molecule has 5 rings (SSSR count). The van der Waals surface area contributed by atoms with Crippen molar-refractivity contribution in [3.05, 3.63) is 47.2 Å². The van der Waals surface area contributed by atoms with Crippen molar-refractivity contribution in [3.8, 4) is 0 Å². The number of likely N-dealkylation sites (tertiary alicyclic amines) is 2. The number of aryl methyl sites for hydroxylation is 1. The highest BCUT2D eigenvalue weighted by Gasteiger charge is 2.30. The zero-order chi connectivity index (χ0) is 18.9. The van der Waals surface area contributed by atoms with Gasteiger partial charge in [0, 0.05) is 36.1 Å². The molecular weight excluding hydrogens is 350 g/mol. The van der Waals surface area contributed by atoms with Gasteiger partial charge in [-0.2, -0.15) is 4.98 Å². The minimum atomic E-state index is 0.250. The molecule has 1 N–H and O–H groups in total. The van der Waals surface area contributed by atoms with E-state index in [-0.39, 0.29) is 6.04 Å². The van der Waals surface area contributed by atoms with Gasteiger partial charge in [0.15, 0.2) is 5.82 Å². The van der Waals surface area contributed by atoms with E-state index in [4.69, 9.17) is 4.52 Å². The lowest BCUT2D eigenvalue weighted by molar-refractivity contribution is 0.201. The maximum atomic E-state index is 5.53. The maximum absolute atomic E-state index is 5.53. The second-order valence-electron chi connectivity index (χ2n) is 8.23. The van der Waals surface area contributed by atoms with E-state index in [0.29, 0.717) is 0 Å². The van der Waals surface area contributed by atoms with Crippen LogP contribution in [0.3, 0.4) is 0 Å². The molecule has 28 heavy (non-hydrogen) atoms. The van der Waals surface area contributed by atoms with Gasteiger partial charge in [0.25, 0.3) is 0 Å². The Kier molecular flexibility index (Phi) is 4.91. The van der Waals surface area contributed by atoms with Crippen LogP contribution in [0.15, 0.2) is 28.8 Å². The number of hydrogen-bond donors (Lipinski definition) is 1. The minimum Gasteiger partial charge on any atom is -0.357 e. The molecule has 0 bridgehead atoms. The number of nitrogens with one attached hydrogen (secondary N) is 1. The van der Waals surface area contributed by atoms with E-state index in [1.165, 1.54) is 54.5 Å². The number of H-pyrrole nitrogens is 1. The molecule has 6 heteroatoms. The van der Waals surface area contributed by atoms with Crippen LogP contribution in [-0.2, 0) is 19.5 Å². The van der Waals surface area contributed by atoms with Crippen molar-refractivity contribution in [1.29, 1.82) is 0 Å². The molecule has 2 saturated heterocycles. The van der Waals surface area contributed by atoms with Gasteiger partial charge in [-0.15, -0.1) is 0 Å². The highest BCUT2D eigenvalue weighted by Crippen LogP contribution is 2.32. The summed E-state index contributed by atoms with van der Waals surface area (Å²) in [6.45, 7) is 7.57. The van der Waals surface area contributed by atoms with E-state index in [2.05, 4.69) is 56.1 Å². The molecule has 0 amide bonds. The largest absolute Gasteiger partial charge is 0.357 e. The fraction of sp³-hybridized carbons (Fsp3) is 0.545. The molecule has 2 aliphatic rings. The van der Waals surface area contributed by atoms with Gasteiger partial charge in [0.2, 0.25) is 5.89 Å². The normalized spacial score (nSPS) is 21.2. The molecule has 6 nitrogen and oxygen atoms in total. The predicted molar refractivity (Wildman–Crippen MR) is 109 cm³/mol. The number of aromatic nitrogens is 3. The van der Waals surface area contributed by atoms with Crippen LogP contribution >= 0.6 is 0 Å². The molecule has 0 spiro atoms. The third kappa shape index (κ3) is 3.59. The van der Waals surface area contributed by atoms with E-state index >= 15 is 0 Å². The second-order valence-corrected chi connectivity index (χ2v) is 8.23. The lowest BCUT2D eigenvalue weighted by atomic mass is 10.1. The van der Waals surface area contributed by atoms with Crippen molar-refractivity contribution in [2.45, 2.75) is 58.2 Å². The molecule has 0 saturated carbocycles. The lowest BCUT2D eigenvalue weighted by Crippen LogP contribution is -2.23. The molecule has 0 radical (unpaired) electrons. The molecule has 1 atom stereocenters. The van der Waals surface area contributed by atoms with Gasteiger partial charge in [0.1, 0.15) is 0 Å². The fourth-order valence-electron chi connectivity index (χ4n) is 4.68. The smallest absolute Gasteiger partial charge is 0.244 e. The van der Waals surface area contributed by atoms with Crippen molar-refractivity contribution in [3.63, 3.8) is 0 Å². The van der Waals surface area contributed by atoms with E-state index in [1.807, 2.05) is 0 Å². The van der Waals surface area contributed by atoms with Gasteiger partial charge in [-0.3, -0.25) is 9.80 Å². The molecule has 4 heterocycles. The maximum Gasteiger partial charge on any atom is 0.244 e. The monoisotopic (exact) mass is 379 g/mol. The van der Waals surface area contributed by atoms with E-state index in [1.54, 1.807) is 0 Å². The van der Waals surface area contributed by atoms with Gasteiger partial charge >= 0.3 is 0 Å². The summed E-state index contributed by atoms with van der Waals surface area (Å²) in [6.07, 6.45) is 5.76. The summed E-state index contributed by atoms with van der Waals surface area (Å²) < 4.78 is 5.53. The van der Waals surface area contributed by atoms with Gasteiger partial charge in [-0.05, 0) is 69.1 Å². The number of nitrogens with zero attached hydrogens (tertiary/aromatic N) is 4. The highest BCUT2D eigenvalue weighted by atomic mass is 16.5. The van der Waals surface area contributed by atoms with Crippen LogP contribution in [0.1, 0.15) is 61.6 Å². The Morgan fingerprint density at radius 1 is 1.11 bits per heavy atom. The quantitative estimate of drug-likeness (QED) is 0.700. The summed E-state index contributed by atoms with van der Waals surface area (Å²) >= 11 is 0. The molecule has 1 aromatic carbocycles. The molecule has 2 aliphatic heterocycles. The Labute approximate surface area is 165 Å². The Hall–Kier alpha value is -2.18. The number of rotatable bonds is 6. The van der Waals surface area contributed by atoms with Gasteiger partial charge < -0.3 is 9.51 Å². The van der Waals surface area contributed by atoms with Gasteiger partial charge in [0.05, 0.1) is 6.04 Å². The van der Waals surface area contributed by atoms with E-state index in [9.17, 15) is 0 Å². The van der Waals surface area contributed by atoms with Crippen molar-refractivity contribution < 1.29 is 4.52 Å². The molecule has 2 fully saturated rings. The van der Waals surface area contributed by atoms with Crippen LogP contribution in [0.5, 0.6) is 0 Å². The lowest BCUT2D eigenvalue weighted by Gasteiger charge is -2.21. The van der Waals surface area contributed by atoms with Gasteiger partial charge in [-0.1, -0.05) is 18.1 Å². The summed E-state index contributed by atoms with van der Waals surface area (Å²) in [4.78, 5) is 13.2. The van der Waals surface area contributed by atoms with Crippen LogP contribution in [0, 0.1) is 0 Å². The van der Waals surface area contributed by atoms with Gasteiger partial charge in [-0.25, -0.2) is 0 Å². The van der Waals surface area contributed by atoms with Crippen molar-refractivity contribution >= 4 is 10.9 Å². The molecule has 148 valence electrons. The van der Waals surface area contributed by atoms with Crippen molar-refractivity contribution in [1.82, 2.24) is 24.9 Å². The fourth-order valence-corrected chi connectivity index (χ4v) is 4.68. The first-order valence-electron chi connectivity index (χ1n) is 10.7. The first kappa shape index (κ1) is 17.9. The standard InChI is InChI=1S/C22H29N5O/c1-2-21-24-22(28-25-21)20-6-5-11-27(20)14-16-7-8-19-17(12-16)13-18(23-19)15-26-9-3-4-10-26/h7-8,12-13,20,23H,2-6,9-11,14-15H2,1H3. The highest BCUT2D eigenvalue weighted by molar-refractivity contribution is 5.81. The summed E-state index contributed by atoms with van der Waals surface area (Å²) in [5.41, 5.74) is 3.91. The van der Waals surface area contributed by atoms with Crippen LogP contribution in [0.4, 0.5) is 0 Å². The summed E-state index contributed by atoms with van der Waals surface area (Å²) in [5.74, 6) is 1.59. The first-order valence-corrected chi connectivity index (χ1v) is 10.7. The zero-order valence-electron chi connectivity index (χ0n) is 16.7. The molecule has 2 aromatic heterocycles. The SMILES string of the molecule is CCc1noc(C2CCCN2Cc2ccc3[nH]c(CN4CCCC4)cc3c2)n1. The van der Waals surface area contributed by atoms with E-state index in [0.717, 1.165) is 44.2 Å². The number of aromatic amines is 1. The van der Waals surface area contributed by atoms with Crippen LogP contribution in [0.25, 0.3) is 10.9 Å². The third-order valence-electron chi connectivity index (χ3n) is 6.17. The van der Waals surface area contributed by atoms with Crippen LogP contribution in [0.2, 0.25) is 0 Å². The number of benzene rings is 1. The Morgan fingerprint density at radius 3 is 2.82 bits per heavy atom. The van der Waals surface area contributed by atoms with Crippen molar-refractivity contribution in [2.75, 3.05) is 19.6 Å². The third-order valence-corrected chi connectivity index (χ3v) is 6.17. The second kappa shape index (κ2) is 7.68. The summed E-state index contributed by atoms with van der Waals surface area (Å²) in [7, 11) is 0. The van der Waals surface area contributed by atoms with Crippen LogP contribution in [-0.4, -0.2) is 44.6 Å². The zero-order valence-corrected chi connectivity index (χ0v) is 16.7.